The molecule has 0 saturated carbocycles. The molecule has 296 valence electrons. The van der Waals surface area contributed by atoms with Crippen LogP contribution in [0.5, 0.6) is 0 Å². The van der Waals surface area contributed by atoms with Gasteiger partial charge >= 0.3 is 13.8 Å². The molecule has 0 fully saturated rings. The minimum Gasteiger partial charge on any atom is -0.457 e. The third kappa shape index (κ3) is 38.2. The summed E-state index contributed by atoms with van der Waals surface area (Å²) in [6, 6.07) is 0. The van der Waals surface area contributed by atoms with E-state index in [2.05, 4.69) is 38.2 Å². The summed E-state index contributed by atoms with van der Waals surface area (Å²) in [4.78, 5) is 22.4. The number of unbranched alkanes of at least 4 members (excludes halogenated alkanes) is 23. The number of phosphoric acid groups is 1. The number of rotatable bonds is 40. The van der Waals surface area contributed by atoms with Crippen molar-refractivity contribution in [2.75, 3.05) is 33.0 Å². The predicted octanol–water partition coefficient (Wildman–Crippen LogP) is 12.1. The number of esters is 1. The van der Waals surface area contributed by atoms with E-state index < -0.39 is 13.9 Å². The molecule has 0 aromatic carbocycles. The van der Waals surface area contributed by atoms with Crippen LogP contribution in [-0.2, 0) is 27.9 Å². The first-order chi connectivity index (χ1) is 24.4. The van der Waals surface area contributed by atoms with E-state index in [4.69, 9.17) is 24.3 Å². The maximum Gasteiger partial charge on any atom is 0.472 e. The highest BCUT2D eigenvalue weighted by molar-refractivity contribution is 7.47. The molecule has 2 atom stereocenters. The minimum atomic E-state index is -4.27. The molecule has 0 aliphatic carbocycles. The van der Waals surface area contributed by atoms with Gasteiger partial charge in [0.25, 0.3) is 0 Å². The van der Waals surface area contributed by atoms with Crippen molar-refractivity contribution in [2.45, 2.75) is 200 Å². The molecular formula is C41H80NO7P. The van der Waals surface area contributed by atoms with E-state index in [0.29, 0.717) is 13.0 Å². The first-order valence-electron chi connectivity index (χ1n) is 20.8. The third-order valence-electron chi connectivity index (χ3n) is 8.87. The predicted molar refractivity (Wildman–Crippen MR) is 210 cm³/mol. The zero-order valence-corrected chi connectivity index (χ0v) is 33.5. The van der Waals surface area contributed by atoms with E-state index >= 15 is 0 Å². The number of hydrogen-bond acceptors (Lipinski definition) is 7. The van der Waals surface area contributed by atoms with Gasteiger partial charge in [0.05, 0.1) is 19.8 Å². The number of phosphoric ester groups is 1. The first kappa shape index (κ1) is 49.0. The van der Waals surface area contributed by atoms with Crippen LogP contribution >= 0.6 is 7.82 Å². The highest BCUT2D eigenvalue weighted by Gasteiger charge is 2.25. The minimum absolute atomic E-state index is 0.0958. The van der Waals surface area contributed by atoms with Gasteiger partial charge in [-0.1, -0.05) is 167 Å². The van der Waals surface area contributed by atoms with Crippen LogP contribution < -0.4 is 5.73 Å². The Kier molecular flexibility index (Phi) is 38.4. The lowest BCUT2D eigenvalue weighted by Crippen LogP contribution is -2.28. The maximum atomic E-state index is 12.5. The number of carbonyl (C=O) groups is 1. The van der Waals surface area contributed by atoms with E-state index in [1.165, 1.54) is 128 Å². The Balaban J connectivity index is 4.05. The summed E-state index contributed by atoms with van der Waals surface area (Å²) < 4.78 is 33.4. The maximum absolute atomic E-state index is 12.5. The molecule has 0 aliphatic rings. The third-order valence-corrected chi connectivity index (χ3v) is 9.86. The van der Waals surface area contributed by atoms with Crippen LogP contribution in [0, 0.1) is 0 Å². The molecule has 0 radical (unpaired) electrons. The van der Waals surface area contributed by atoms with Crippen molar-refractivity contribution in [3.8, 4) is 0 Å². The topological polar surface area (TPSA) is 117 Å². The Morgan fingerprint density at radius 1 is 0.600 bits per heavy atom. The van der Waals surface area contributed by atoms with Gasteiger partial charge in [-0.05, 0) is 44.9 Å². The summed E-state index contributed by atoms with van der Waals surface area (Å²) in [5, 5.41) is 0. The van der Waals surface area contributed by atoms with Crippen molar-refractivity contribution >= 4 is 13.8 Å². The largest absolute Gasteiger partial charge is 0.472 e. The number of ether oxygens (including phenoxy) is 2. The lowest BCUT2D eigenvalue weighted by molar-refractivity contribution is -0.154. The van der Waals surface area contributed by atoms with Crippen molar-refractivity contribution in [1.82, 2.24) is 0 Å². The summed E-state index contributed by atoms with van der Waals surface area (Å²) >= 11 is 0. The van der Waals surface area contributed by atoms with Crippen LogP contribution in [0.1, 0.15) is 194 Å². The van der Waals surface area contributed by atoms with Crippen LogP contribution in [0.25, 0.3) is 0 Å². The summed E-state index contributed by atoms with van der Waals surface area (Å²) in [5.41, 5.74) is 5.36. The molecule has 0 rings (SSSR count). The highest BCUT2D eigenvalue weighted by Crippen LogP contribution is 2.43. The average molecular weight is 730 g/mol. The first-order valence-corrected chi connectivity index (χ1v) is 22.3. The Labute approximate surface area is 308 Å². The Bertz CT molecular complexity index is 823. The van der Waals surface area contributed by atoms with Gasteiger partial charge in [0.15, 0.2) is 0 Å². The van der Waals surface area contributed by atoms with Crippen LogP contribution in [0.15, 0.2) is 24.3 Å². The van der Waals surface area contributed by atoms with Crippen molar-refractivity contribution in [3.05, 3.63) is 24.3 Å². The van der Waals surface area contributed by atoms with E-state index in [1.54, 1.807) is 0 Å². The van der Waals surface area contributed by atoms with Crippen LogP contribution in [0.4, 0.5) is 0 Å². The normalized spacial score (nSPS) is 13.8. The Morgan fingerprint density at radius 3 is 1.58 bits per heavy atom. The van der Waals surface area contributed by atoms with E-state index in [9.17, 15) is 14.3 Å². The van der Waals surface area contributed by atoms with Crippen molar-refractivity contribution in [3.63, 3.8) is 0 Å². The molecule has 0 heterocycles. The monoisotopic (exact) mass is 730 g/mol. The molecule has 0 bridgehead atoms. The Morgan fingerprint density at radius 2 is 1.06 bits per heavy atom. The van der Waals surface area contributed by atoms with Gasteiger partial charge in [0.2, 0.25) is 0 Å². The SMILES string of the molecule is CCCCCC/C=C\C/C=C\CCCCCCCCOCC(COP(=O)(O)OCCN)OC(=O)CCCCCCCCCCCCCCCC. The zero-order valence-electron chi connectivity index (χ0n) is 32.6. The van der Waals surface area contributed by atoms with Gasteiger partial charge in [0, 0.05) is 19.6 Å². The van der Waals surface area contributed by atoms with Crippen molar-refractivity contribution < 1.29 is 32.8 Å². The van der Waals surface area contributed by atoms with Crippen LogP contribution in [0.2, 0.25) is 0 Å². The standard InChI is InChI=1S/C41H80NO7P/c1-3-5-7-9-11-13-15-17-19-20-21-23-25-27-29-31-33-36-46-38-40(39-48-50(44,45)47-37-35-42)49-41(43)34-32-30-28-26-24-22-18-16-14-12-10-8-6-4-2/h13,15,19-20,40H,3-12,14,16-18,21-39,42H2,1-2H3,(H,44,45)/b15-13-,20-19-. The average Bonchev–Trinajstić information content (AvgIpc) is 3.10. The van der Waals surface area contributed by atoms with Crippen LogP contribution in [-0.4, -0.2) is 49.9 Å². The molecule has 0 aliphatic heterocycles. The van der Waals surface area contributed by atoms with Gasteiger partial charge in [0.1, 0.15) is 6.10 Å². The van der Waals surface area contributed by atoms with Gasteiger partial charge in [-0.2, -0.15) is 0 Å². The molecule has 9 heteroatoms. The van der Waals surface area contributed by atoms with Gasteiger partial charge in [-0.3, -0.25) is 13.8 Å². The lowest BCUT2D eigenvalue weighted by atomic mass is 10.0. The molecule has 0 spiro atoms. The molecular weight excluding hydrogens is 649 g/mol. The number of hydrogen-bond donors (Lipinski definition) is 2. The highest BCUT2D eigenvalue weighted by atomic mass is 31.2. The fourth-order valence-electron chi connectivity index (χ4n) is 5.79. The molecule has 3 N–H and O–H groups in total. The van der Waals surface area contributed by atoms with Gasteiger partial charge < -0.3 is 20.1 Å². The quantitative estimate of drug-likeness (QED) is 0.0277. The molecule has 0 aromatic heterocycles. The van der Waals surface area contributed by atoms with Crippen molar-refractivity contribution in [2.24, 2.45) is 5.73 Å². The molecule has 50 heavy (non-hydrogen) atoms. The summed E-state index contributed by atoms with van der Waals surface area (Å²) in [6.45, 7) is 4.90. The Hall–Kier alpha value is -1.02. The number of nitrogens with two attached hydrogens (primary N) is 1. The van der Waals surface area contributed by atoms with E-state index in [1.807, 2.05) is 0 Å². The summed E-state index contributed by atoms with van der Waals surface area (Å²) in [6.07, 6.45) is 41.9. The van der Waals surface area contributed by atoms with Crippen LogP contribution in [0.3, 0.4) is 0 Å². The van der Waals surface area contributed by atoms with Crippen molar-refractivity contribution in [1.29, 1.82) is 0 Å². The van der Waals surface area contributed by atoms with E-state index in [0.717, 1.165) is 44.9 Å². The van der Waals surface area contributed by atoms with Gasteiger partial charge in [-0.25, -0.2) is 4.57 Å². The number of allylic oxidation sites excluding steroid dienone is 4. The molecule has 0 aromatic rings. The number of carbonyl (C=O) groups excluding carboxylic acids is 1. The summed E-state index contributed by atoms with van der Waals surface area (Å²) in [5.74, 6) is -0.333. The molecule has 0 saturated heterocycles. The molecule has 2 unspecified atom stereocenters. The second-order valence-electron chi connectivity index (χ2n) is 13.9. The fraction of sp³-hybridized carbons (Fsp3) is 0.878. The molecule has 8 nitrogen and oxygen atoms in total. The smallest absolute Gasteiger partial charge is 0.457 e. The zero-order chi connectivity index (χ0) is 36.6. The molecule has 0 amide bonds. The van der Waals surface area contributed by atoms with Gasteiger partial charge in [-0.15, -0.1) is 0 Å². The fourth-order valence-corrected chi connectivity index (χ4v) is 6.56. The second-order valence-corrected chi connectivity index (χ2v) is 15.3. The second kappa shape index (κ2) is 39.2. The van der Waals surface area contributed by atoms with E-state index in [-0.39, 0.29) is 32.3 Å². The summed E-state index contributed by atoms with van der Waals surface area (Å²) in [7, 11) is -4.27. The lowest BCUT2D eigenvalue weighted by Gasteiger charge is -2.20.